The van der Waals surface area contributed by atoms with Crippen LogP contribution in [-0.4, -0.2) is 54.3 Å². The van der Waals surface area contributed by atoms with E-state index in [9.17, 15) is 14.4 Å². The molecule has 1 aromatic rings. The number of anilines is 1. The molecule has 1 N–H and O–H groups in total. The quantitative estimate of drug-likeness (QED) is 0.844. The number of methoxy groups -OCH3 is 2. The number of para-hydroxylation sites is 1. The number of benzene rings is 1. The van der Waals surface area contributed by atoms with E-state index in [-0.39, 0.29) is 5.75 Å². The molecule has 1 aliphatic rings. The molecule has 1 fully saturated rings. The van der Waals surface area contributed by atoms with Gasteiger partial charge in [-0.3, -0.25) is 4.90 Å². The molecule has 7 nitrogen and oxygen atoms in total. The highest BCUT2D eigenvalue weighted by Crippen LogP contribution is 2.31. The van der Waals surface area contributed by atoms with Gasteiger partial charge in [-0.1, -0.05) is 18.2 Å². The molecule has 0 spiro atoms. The lowest BCUT2D eigenvalue weighted by Crippen LogP contribution is -2.50. The Morgan fingerprint density at radius 1 is 1.14 bits per heavy atom. The zero-order valence-electron chi connectivity index (χ0n) is 12.1. The first-order valence-corrected chi connectivity index (χ1v) is 7.55. The van der Waals surface area contributed by atoms with Crippen molar-refractivity contribution in [1.82, 2.24) is 4.90 Å². The molecule has 8 heteroatoms. The Bertz CT molecular complexity index is 542. The molecule has 1 aliphatic heterocycles. The third-order valence-electron chi connectivity index (χ3n) is 3.14. The molecule has 2 rings (SSSR count). The normalized spacial score (nSPS) is 20.4. The molecule has 2 atom stereocenters. The number of urea groups is 1. The molecule has 1 aromatic carbocycles. The number of nitrogens with one attached hydrogen (secondary N) is 1. The number of esters is 2. The summed E-state index contributed by atoms with van der Waals surface area (Å²) in [6.07, 6.45) is 0. The number of amides is 2. The smallest absolute Gasteiger partial charge is 0.339 e. The summed E-state index contributed by atoms with van der Waals surface area (Å²) in [7, 11) is 2.48. The molecule has 0 aromatic heterocycles. The van der Waals surface area contributed by atoms with Gasteiger partial charge in [-0.05, 0) is 12.1 Å². The van der Waals surface area contributed by atoms with Crippen molar-refractivity contribution in [2.24, 2.45) is 0 Å². The Kier molecular flexibility index (Phi) is 5.26. The van der Waals surface area contributed by atoms with Gasteiger partial charge in [-0.15, -0.1) is 11.8 Å². The molecule has 0 bridgehead atoms. The van der Waals surface area contributed by atoms with Gasteiger partial charge in [0.1, 0.15) is 6.04 Å². The average molecular weight is 324 g/mol. The fraction of sp³-hybridized carbons (Fsp3) is 0.357. The number of thioether (sulfide) groups is 1. The summed E-state index contributed by atoms with van der Waals surface area (Å²) in [4.78, 5) is 37.3. The Morgan fingerprint density at radius 3 is 2.36 bits per heavy atom. The second-order valence-electron chi connectivity index (χ2n) is 4.45. The Balaban J connectivity index is 2.21. The van der Waals surface area contributed by atoms with E-state index < -0.39 is 29.4 Å². The molecule has 2 amide bonds. The van der Waals surface area contributed by atoms with Gasteiger partial charge in [0.25, 0.3) is 0 Å². The van der Waals surface area contributed by atoms with E-state index in [4.69, 9.17) is 9.47 Å². The van der Waals surface area contributed by atoms with E-state index in [0.717, 1.165) is 16.7 Å². The number of rotatable bonds is 3. The van der Waals surface area contributed by atoms with E-state index in [1.54, 1.807) is 24.3 Å². The maximum atomic E-state index is 12.5. The second-order valence-corrected chi connectivity index (χ2v) is 5.56. The number of carbonyl (C=O) groups is 3. The van der Waals surface area contributed by atoms with Gasteiger partial charge in [0, 0.05) is 11.4 Å². The number of carbonyl (C=O) groups excluding carboxylic acids is 3. The molecule has 0 radical (unpaired) electrons. The predicted octanol–water partition coefficient (Wildman–Crippen LogP) is 1.31. The van der Waals surface area contributed by atoms with Crippen molar-refractivity contribution in [3.63, 3.8) is 0 Å². The first kappa shape index (κ1) is 16.2. The minimum atomic E-state index is -0.877. The highest BCUT2D eigenvalue weighted by molar-refractivity contribution is 8.00. The minimum Gasteiger partial charge on any atom is -0.467 e. The van der Waals surface area contributed by atoms with Gasteiger partial charge in [-0.25, -0.2) is 14.4 Å². The van der Waals surface area contributed by atoms with Crippen LogP contribution in [0.2, 0.25) is 0 Å². The van der Waals surface area contributed by atoms with E-state index >= 15 is 0 Å². The average Bonchev–Trinajstić information content (AvgIpc) is 2.99. The molecule has 0 unspecified atom stereocenters. The molecule has 118 valence electrons. The Hall–Kier alpha value is -2.22. The highest BCUT2D eigenvalue weighted by atomic mass is 32.2. The van der Waals surface area contributed by atoms with Crippen molar-refractivity contribution in [2.75, 3.05) is 25.3 Å². The van der Waals surface area contributed by atoms with Crippen LogP contribution in [0.25, 0.3) is 0 Å². The number of hydrogen-bond donors (Lipinski definition) is 1. The summed E-state index contributed by atoms with van der Waals surface area (Å²) in [5.74, 6) is -0.879. The SMILES string of the molecule is COC(=O)[C@H]1CS[C@H](C(=O)OC)N1C(=O)Nc1ccccc1. The van der Waals surface area contributed by atoms with Crippen LogP contribution < -0.4 is 5.32 Å². The number of ether oxygens (including phenoxy) is 2. The number of nitrogens with zero attached hydrogens (tertiary/aromatic N) is 1. The van der Waals surface area contributed by atoms with E-state index in [2.05, 4.69) is 5.32 Å². The van der Waals surface area contributed by atoms with Crippen LogP contribution in [0.15, 0.2) is 30.3 Å². The van der Waals surface area contributed by atoms with E-state index in [1.165, 1.54) is 14.2 Å². The fourth-order valence-corrected chi connectivity index (χ4v) is 3.36. The van der Waals surface area contributed by atoms with E-state index in [1.807, 2.05) is 6.07 Å². The summed E-state index contributed by atoms with van der Waals surface area (Å²) >= 11 is 1.16. The third kappa shape index (κ3) is 3.33. The summed E-state index contributed by atoms with van der Waals surface area (Å²) in [5, 5.41) is 1.78. The molecule has 22 heavy (non-hydrogen) atoms. The van der Waals surface area contributed by atoms with Crippen LogP contribution in [0.3, 0.4) is 0 Å². The van der Waals surface area contributed by atoms with Crippen molar-refractivity contribution in [3.8, 4) is 0 Å². The standard InChI is InChI=1S/C14H16N2O5S/c1-20-12(17)10-8-22-11(13(18)21-2)16(10)14(19)15-9-6-4-3-5-7-9/h3-7,10-11H,8H2,1-2H3,(H,15,19)/t10-,11-/m1/s1. The summed E-state index contributed by atoms with van der Waals surface area (Å²) in [6.45, 7) is 0. The van der Waals surface area contributed by atoms with Crippen LogP contribution in [0, 0.1) is 0 Å². The molecule has 0 saturated carbocycles. The maximum absolute atomic E-state index is 12.5. The van der Waals surface area contributed by atoms with Crippen molar-refractivity contribution < 1.29 is 23.9 Å². The second kappa shape index (κ2) is 7.17. The van der Waals surface area contributed by atoms with Gasteiger partial charge in [0.15, 0.2) is 5.37 Å². The first-order valence-electron chi connectivity index (χ1n) is 6.50. The van der Waals surface area contributed by atoms with Crippen LogP contribution in [0.5, 0.6) is 0 Å². The number of hydrogen-bond acceptors (Lipinski definition) is 6. The molecule has 1 heterocycles. The zero-order valence-corrected chi connectivity index (χ0v) is 13.0. The third-order valence-corrected chi connectivity index (χ3v) is 4.38. The topological polar surface area (TPSA) is 84.9 Å². The van der Waals surface area contributed by atoms with Crippen molar-refractivity contribution in [2.45, 2.75) is 11.4 Å². The molecule has 1 saturated heterocycles. The van der Waals surface area contributed by atoms with E-state index in [0.29, 0.717) is 5.69 Å². The van der Waals surface area contributed by atoms with Crippen LogP contribution >= 0.6 is 11.8 Å². The Morgan fingerprint density at radius 2 is 1.77 bits per heavy atom. The molecular formula is C14H16N2O5S. The van der Waals surface area contributed by atoms with Gasteiger partial charge >= 0.3 is 18.0 Å². The Labute approximate surface area is 131 Å². The van der Waals surface area contributed by atoms with Gasteiger partial charge in [-0.2, -0.15) is 0 Å². The lowest BCUT2D eigenvalue weighted by molar-refractivity contribution is -0.147. The van der Waals surface area contributed by atoms with Crippen LogP contribution in [0.1, 0.15) is 0 Å². The lowest BCUT2D eigenvalue weighted by atomic mass is 10.3. The first-order chi connectivity index (χ1) is 10.6. The summed E-state index contributed by atoms with van der Waals surface area (Å²) < 4.78 is 9.39. The molecule has 0 aliphatic carbocycles. The maximum Gasteiger partial charge on any atom is 0.339 e. The van der Waals surface area contributed by atoms with Crippen molar-refractivity contribution in [1.29, 1.82) is 0 Å². The summed E-state index contributed by atoms with van der Waals surface area (Å²) in [5.41, 5.74) is 0.566. The predicted molar refractivity (Wildman–Crippen MR) is 81.4 cm³/mol. The van der Waals surface area contributed by atoms with Crippen molar-refractivity contribution >= 4 is 35.4 Å². The lowest BCUT2D eigenvalue weighted by Gasteiger charge is -2.26. The van der Waals surface area contributed by atoms with Crippen LogP contribution in [-0.2, 0) is 19.1 Å². The highest BCUT2D eigenvalue weighted by Gasteiger charge is 2.46. The van der Waals surface area contributed by atoms with Crippen LogP contribution in [0.4, 0.5) is 10.5 Å². The summed E-state index contributed by atoms with van der Waals surface area (Å²) in [6, 6.07) is 7.39. The minimum absolute atomic E-state index is 0.272. The monoisotopic (exact) mass is 324 g/mol. The fourth-order valence-electron chi connectivity index (χ4n) is 2.06. The van der Waals surface area contributed by atoms with Gasteiger partial charge < -0.3 is 14.8 Å². The molecular weight excluding hydrogens is 308 g/mol. The van der Waals surface area contributed by atoms with Gasteiger partial charge in [0.05, 0.1) is 14.2 Å². The zero-order chi connectivity index (χ0) is 16.1. The van der Waals surface area contributed by atoms with Gasteiger partial charge in [0.2, 0.25) is 0 Å². The largest absolute Gasteiger partial charge is 0.467 e. The van der Waals surface area contributed by atoms with Crippen molar-refractivity contribution in [3.05, 3.63) is 30.3 Å².